The van der Waals surface area contributed by atoms with Crippen molar-refractivity contribution in [1.29, 1.82) is 0 Å². The van der Waals surface area contributed by atoms with E-state index in [1.165, 1.54) is 25.2 Å². The first kappa shape index (κ1) is 17.8. The van der Waals surface area contributed by atoms with Crippen LogP contribution in [-0.2, 0) is 4.79 Å². The average molecular weight is 370 g/mol. The molecule has 0 aliphatic rings. The zero-order valence-corrected chi connectivity index (χ0v) is 15.6. The number of carbonyl (C=O) groups excluding carboxylic acids is 3. The van der Waals surface area contributed by atoms with Crippen LogP contribution in [0.5, 0.6) is 0 Å². The van der Waals surface area contributed by atoms with Gasteiger partial charge in [-0.05, 0) is 44.5 Å². The molecular formula is C18H18N4O3S. The zero-order valence-electron chi connectivity index (χ0n) is 14.8. The lowest BCUT2D eigenvalue weighted by molar-refractivity contribution is -0.114. The Kier molecular flexibility index (Phi) is 4.60. The molecule has 0 aliphatic heterocycles. The first-order valence-corrected chi connectivity index (χ1v) is 8.77. The minimum absolute atomic E-state index is 0.0770. The molecule has 3 N–H and O–H groups in total. The fourth-order valence-corrected chi connectivity index (χ4v) is 3.86. The molecule has 26 heavy (non-hydrogen) atoms. The second-order valence-corrected chi connectivity index (χ2v) is 7.05. The molecule has 8 heteroatoms. The van der Waals surface area contributed by atoms with E-state index >= 15 is 0 Å². The smallest absolute Gasteiger partial charge is 0.272 e. The molecule has 0 bridgehead atoms. The number of fused-ring (bicyclic) bond motifs is 1. The van der Waals surface area contributed by atoms with Crippen LogP contribution < -0.4 is 10.6 Å². The molecule has 1 aromatic carbocycles. The lowest BCUT2D eigenvalue weighted by Crippen LogP contribution is -2.13. The molecule has 0 spiro atoms. The molecule has 0 fully saturated rings. The molecule has 3 rings (SSSR count). The molecule has 0 saturated heterocycles. The highest BCUT2D eigenvalue weighted by Crippen LogP contribution is 2.29. The summed E-state index contributed by atoms with van der Waals surface area (Å²) in [6, 6.07) is 5.32. The Morgan fingerprint density at radius 1 is 1.12 bits per heavy atom. The predicted octanol–water partition coefficient (Wildman–Crippen LogP) is 3.65. The Morgan fingerprint density at radius 2 is 1.85 bits per heavy atom. The average Bonchev–Trinajstić information content (AvgIpc) is 3.05. The molecule has 7 nitrogen and oxygen atoms in total. The third kappa shape index (κ3) is 3.36. The zero-order chi connectivity index (χ0) is 19.0. The second kappa shape index (κ2) is 6.72. The number of rotatable bonds is 4. The van der Waals surface area contributed by atoms with Crippen LogP contribution in [0.4, 0.5) is 10.8 Å². The van der Waals surface area contributed by atoms with Gasteiger partial charge in [-0.15, -0.1) is 0 Å². The van der Waals surface area contributed by atoms with Gasteiger partial charge in [0, 0.05) is 23.9 Å². The number of H-pyrrole nitrogens is 1. The van der Waals surface area contributed by atoms with E-state index in [2.05, 4.69) is 20.6 Å². The molecule has 0 atom stereocenters. The number of aromatic nitrogens is 2. The van der Waals surface area contributed by atoms with Crippen molar-refractivity contribution in [3.63, 3.8) is 0 Å². The number of aromatic amines is 1. The molecule has 0 radical (unpaired) electrons. The number of nitrogens with one attached hydrogen (secondary N) is 3. The Labute approximate surface area is 153 Å². The minimum atomic E-state index is -0.316. The van der Waals surface area contributed by atoms with Gasteiger partial charge in [0.15, 0.2) is 10.9 Å². The maximum absolute atomic E-state index is 12.6. The number of anilines is 2. The maximum atomic E-state index is 12.6. The highest BCUT2D eigenvalue weighted by atomic mass is 32.1. The Bertz CT molecular complexity index is 1050. The van der Waals surface area contributed by atoms with Crippen LogP contribution in [0.25, 0.3) is 10.2 Å². The van der Waals surface area contributed by atoms with Crippen LogP contribution in [0.2, 0.25) is 0 Å². The quantitative estimate of drug-likeness (QED) is 0.610. The van der Waals surface area contributed by atoms with Gasteiger partial charge in [0.25, 0.3) is 5.91 Å². The van der Waals surface area contributed by atoms with E-state index in [9.17, 15) is 14.4 Å². The van der Waals surface area contributed by atoms with Gasteiger partial charge in [-0.1, -0.05) is 11.3 Å². The summed E-state index contributed by atoms with van der Waals surface area (Å²) in [5, 5.41) is 5.99. The van der Waals surface area contributed by atoms with E-state index in [4.69, 9.17) is 0 Å². The second-order valence-electron chi connectivity index (χ2n) is 6.02. The minimum Gasteiger partial charge on any atom is -0.354 e. The third-order valence-corrected chi connectivity index (χ3v) is 4.88. The van der Waals surface area contributed by atoms with Crippen LogP contribution >= 0.6 is 11.3 Å². The van der Waals surface area contributed by atoms with Crippen molar-refractivity contribution in [2.24, 2.45) is 0 Å². The predicted molar refractivity (Wildman–Crippen MR) is 102 cm³/mol. The molecule has 2 amide bonds. The fourth-order valence-electron chi connectivity index (χ4n) is 2.91. The SMILES string of the molecule is CC(=O)Nc1nc2ccc(NC(=O)c3[nH]c(C)c(C(C)=O)c3C)cc2s1. The Morgan fingerprint density at radius 3 is 2.46 bits per heavy atom. The summed E-state index contributed by atoms with van der Waals surface area (Å²) in [7, 11) is 0. The number of ketones is 1. The fraction of sp³-hybridized carbons (Fsp3) is 0.222. The van der Waals surface area contributed by atoms with E-state index < -0.39 is 0 Å². The third-order valence-electron chi connectivity index (χ3n) is 3.95. The van der Waals surface area contributed by atoms with E-state index in [-0.39, 0.29) is 17.6 Å². The van der Waals surface area contributed by atoms with Crippen molar-refractivity contribution >= 4 is 50.0 Å². The Hall–Kier alpha value is -3.00. The molecule has 2 heterocycles. The van der Waals surface area contributed by atoms with E-state index in [0.29, 0.717) is 33.3 Å². The van der Waals surface area contributed by atoms with Gasteiger partial charge in [0.1, 0.15) is 5.69 Å². The largest absolute Gasteiger partial charge is 0.354 e. The number of carbonyl (C=O) groups is 3. The number of hydrogen-bond donors (Lipinski definition) is 3. The summed E-state index contributed by atoms with van der Waals surface area (Å²) >= 11 is 1.33. The number of benzene rings is 1. The highest BCUT2D eigenvalue weighted by molar-refractivity contribution is 7.22. The lowest BCUT2D eigenvalue weighted by Gasteiger charge is -2.05. The van der Waals surface area contributed by atoms with Crippen molar-refractivity contribution in [1.82, 2.24) is 9.97 Å². The summed E-state index contributed by atoms with van der Waals surface area (Å²) < 4.78 is 0.843. The molecule has 134 valence electrons. The van der Waals surface area contributed by atoms with Gasteiger partial charge in [-0.2, -0.15) is 0 Å². The van der Waals surface area contributed by atoms with Gasteiger partial charge in [0.2, 0.25) is 5.91 Å². The highest BCUT2D eigenvalue weighted by Gasteiger charge is 2.20. The topological polar surface area (TPSA) is 104 Å². The van der Waals surface area contributed by atoms with E-state index in [0.717, 1.165) is 10.2 Å². The number of hydrogen-bond acceptors (Lipinski definition) is 5. The van der Waals surface area contributed by atoms with E-state index in [1.54, 1.807) is 32.0 Å². The van der Waals surface area contributed by atoms with Crippen molar-refractivity contribution in [3.8, 4) is 0 Å². The monoisotopic (exact) mass is 370 g/mol. The first-order valence-electron chi connectivity index (χ1n) is 7.96. The van der Waals surface area contributed by atoms with Crippen LogP contribution in [0.1, 0.15) is 46.0 Å². The van der Waals surface area contributed by atoms with Crippen molar-refractivity contribution in [2.75, 3.05) is 10.6 Å². The molecule has 2 aromatic heterocycles. The standard InChI is InChI=1S/C18H18N4O3S/c1-8-15(10(3)23)9(2)19-16(8)17(25)21-12-5-6-13-14(7-12)26-18(22-13)20-11(4)24/h5-7,19H,1-4H3,(H,21,25)(H,20,22,24). The summed E-state index contributed by atoms with van der Waals surface area (Å²) in [5.74, 6) is -0.577. The van der Waals surface area contributed by atoms with Crippen molar-refractivity contribution < 1.29 is 14.4 Å². The van der Waals surface area contributed by atoms with E-state index in [1.807, 2.05) is 0 Å². The summed E-state index contributed by atoms with van der Waals surface area (Å²) in [6.07, 6.45) is 0. The van der Waals surface area contributed by atoms with Gasteiger partial charge in [-0.25, -0.2) is 4.98 Å². The normalized spacial score (nSPS) is 10.8. The first-order chi connectivity index (χ1) is 12.3. The summed E-state index contributed by atoms with van der Waals surface area (Å²) in [5.41, 5.74) is 3.58. The molecule has 0 saturated carbocycles. The number of thiazole rings is 1. The molecule has 0 unspecified atom stereocenters. The Balaban J connectivity index is 1.86. The number of nitrogens with zero attached hydrogens (tertiary/aromatic N) is 1. The van der Waals surface area contributed by atoms with Gasteiger partial charge in [0.05, 0.1) is 10.2 Å². The van der Waals surface area contributed by atoms with Crippen molar-refractivity contribution in [2.45, 2.75) is 27.7 Å². The molecule has 3 aromatic rings. The summed E-state index contributed by atoms with van der Waals surface area (Å²) in [6.45, 7) is 6.43. The molecular weight excluding hydrogens is 352 g/mol. The van der Waals surface area contributed by atoms with Crippen LogP contribution in [0.15, 0.2) is 18.2 Å². The van der Waals surface area contributed by atoms with Gasteiger partial charge in [-0.3, -0.25) is 14.4 Å². The number of Topliss-reactive ketones (excluding diaryl/α,β-unsaturated/α-hetero) is 1. The number of amides is 2. The summed E-state index contributed by atoms with van der Waals surface area (Å²) in [4.78, 5) is 42.7. The van der Waals surface area contributed by atoms with Crippen LogP contribution in [-0.4, -0.2) is 27.6 Å². The van der Waals surface area contributed by atoms with Crippen LogP contribution in [0, 0.1) is 13.8 Å². The maximum Gasteiger partial charge on any atom is 0.272 e. The van der Waals surface area contributed by atoms with Crippen molar-refractivity contribution in [3.05, 3.63) is 40.7 Å². The van der Waals surface area contributed by atoms with Crippen LogP contribution in [0.3, 0.4) is 0 Å². The van der Waals surface area contributed by atoms with Gasteiger partial charge < -0.3 is 15.6 Å². The molecule has 0 aliphatic carbocycles. The van der Waals surface area contributed by atoms with Gasteiger partial charge >= 0.3 is 0 Å². The number of aryl methyl sites for hydroxylation is 1. The lowest BCUT2D eigenvalue weighted by atomic mass is 10.1.